The maximum absolute atomic E-state index is 11.6. The van der Waals surface area contributed by atoms with Crippen LogP contribution in [0.25, 0.3) is 11.0 Å². The first-order valence-electron chi connectivity index (χ1n) is 7.33. The van der Waals surface area contributed by atoms with Gasteiger partial charge in [0.1, 0.15) is 11.4 Å². The normalized spacial score (nSPS) is 11.5. The summed E-state index contributed by atoms with van der Waals surface area (Å²) in [6, 6.07) is 4.83. The molecule has 0 spiro atoms. The van der Waals surface area contributed by atoms with Gasteiger partial charge < -0.3 is 19.7 Å². The fourth-order valence-corrected chi connectivity index (χ4v) is 2.20. The van der Waals surface area contributed by atoms with E-state index in [1.807, 2.05) is 11.6 Å². The van der Waals surface area contributed by atoms with Crippen molar-refractivity contribution in [3.63, 3.8) is 0 Å². The summed E-state index contributed by atoms with van der Waals surface area (Å²) in [5, 5.41) is 11.7. The Morgan fingerprint density at radius 1 is 1.35 bits per heavy atom. The summed E-state index contributed by atoms with van der Waals surface area (Å²) in [6.45, 7) is 5.80. The van der Waals surface area contributed by atoms with Crippen LogP contribution in [0.4, 0.5) is 4.79 Å². The number of nitrogens with one attached hydrogen (secondary N) is 1. The van der Waals surface area contributed by atoms with Crippen LogP contribution in [0, 0.1) is 0 Å². The van der Waals surface area contributed by atoms with Crippen LogP contribution in [0.1, 0.15) is 37.0 Å². The number of aromatic carboxylic acids is 1. The van der Waals surface area contributed by atoms with E-state index in [-0.39, 0.29) is 5.56 Å². The number of benzene rings is 1. The maximum atomic E-state index is 11.6. The quantitative estimate of drug-likeness (QED) is 0.902. The third-order valence-electron chi connectivity index (χ3n) is 3.24. The molecule has 23 heavy (non-hydrogen) atoms. The van der Waals surface area contributed by atoms with E-state index in [9.17, 15) is 9.59 Å². The van der Waals surface area contributed by atoms with Crippen LogP contribution < -0.4 is 5.32 Å². The third-order valence-corrected chi connectivity index (χ3v) is 3.24. The van der Waals surface area contributed by atoms with Gasteiger partial charge in [-0.05, 0) is 39.0 Å². The summed E-state index contributed by atoms with van der Waals surface area (Å²) in [6.07, 6.45) is 0.0525. The van der Waals surface area contributed by atoms with E-state index in [0.29, 0.717) is 18.5 Å². The van der Waals surface area contributed by atoms with Gasteiger partial charge >= 0.3 is 12.1 Å². The zero-order valence-corrected chi connectivity index (χ0v) is 13.7. The Bertz CT molecular complexity index is 744. The van der Waals surface area contributed by atoms with E-state index < -0.39 is 17.7 Å². The highest BCUT2D eigenvalue weighted by Gasteiger charge is 2.16. The van der Waals surface area contributed by atoms with Gasteiger partial charge in [-0.15, -0.1) is 0 Å². The summed E-state index contributed by atoms with van der Waals surface area (Å²) in [4.78, 5) is 27.0. The van der Waals surface area contributed by atoms with Crippen molar-refractivity contribution in [2.24, 2.45) is 7.05 Å². The molecular weight excluding hydrogens is 298 g/mol. The van der Waals surface area contributed by atoms with Crippen LogP contribution in [0.15, 0.2) is 18.2 Å². The molecule has 1 aromatic heterocycles. The molecule has 124 valence electrons. The molecule has 1 heterocycles. The van der Waals surface area contributed by atoms with Gasteiger partial charge in [-0.25, -0.2) is 14.6 Å². The number of carboxylic acids is 1. The fraction of sp³-hybridized carbons (Fsp3) is 0.438. The molecule has 2 rings (SSSR count). The van der Waals surface area contributed by atoms with Crippen molar-refractivity contribution in [2.45, 2.75) is 32.8 Å². The molecule has 0 bridgehead atoms. The summed E-state index contributed by atoms with van der Waals surface area (Å²) < 4.78 is 7.05. The highest BCUT2D eigenvalue weighted by molar-refractivity contribution is 5.92. The summed E-state index contributed by atoms with van der Waals surface area (Å²) in [5.74, 6) is -0.218. The van der Waals surface area contributed by atoms with Gasteiger partial charge in [-0.2, -0.15) is 0 Å². The molecule has 0 aliphatic heterocycles. The van der Waals surface area contributed by atoms with Gasteiger partial charge in [0.25, 0.3) is 0 Å². The number of hydrogen-bond donors (Lipinski definition) is 2. The van der Waals surface area contributed by atoms with Crippen molar-refractivity contribution in [3.8, 4) is 0 Å². The zero-order valence-electron chi connectivity index (χ0n) is 13.7. The van der Waals surface area contributed by atoms with Crippen LogP contribution in [-0.4, -0.2) is 38.9 Å². The van der Waals surface area contributed by atoms with Gasteiger partial charge in [-0.1, -0.05) is 0 Å². The molecule has 1 amide bonds. The lowest BCUT2D eigenvalue weighted by Gasteiger charge is -2.19. The Labute approximate surface area is 134 Å². The molecule has 2 N–H and O–H groups in total. The number of nitrogens with zero attached hydrogens (tertiary/aromatic N) is 2. The van der Waals surface area contributed by atoms with Crippen LogP contribution in [0.5, 0.6) is 0 Å². The van der Waals surface area contributed by atoms with Crippen LogP contribution in [0.3, 0.4) is 0 Å². The molecule has 0 radical (unpaired) electrons. The molecule has 0 fully saturated rings. The van der Waals surface area contributed by atoms with Crippen molar-refractivity contribution in [1.82, 2.24) is 14.9 Å². The van der Waals surface area contributed by atoms with Gasteiger partial charge in [0, 0.05) is 20.0 Å². The van der Waals surface area contributed by atoms with E-state index >= 15 is 0 Å². The first kappa shape index (κ1) is 16.8. The standard InChI is InChI=1S/C16H21N3O4/c1-16(2,3)23-15(22)17-8-7-13-18-11-9-10(14(20)21)5-6-12(11)19(13)4/h5-6,9H,7-8H2,1-4H3,(H,17,22)(H,20,21). The number of aromatic nitrogens is 2. The lowest BCUT2D eigenvalue weighted by atomic mass is 10.2. The number of aryl methyl sites for hydroxylation is 1. The van der Waals surface area contributed by atoms with Crippen LogP contribution >= 0.6 is 0 Å². The molecule has 0 saturated heterocycles. The number of ether oxygens (including phenoxy) is 1. The third kappa shape index (κ3) is 4.21. The average molecular weight is 319 g/mol. The SMILES string of the molecule is Cn1c(CCNC(=O)OC(C)(C)C)nc2cc(C(=O)O)ccc21. The number of amides is 1. The minimum atomic E-state index is -0.981. The van der Waals surface area contributed by atoms with Crippen molar-refractivity contribution in [2.75, 3.05) is 6.54 Å². The minimum Gasteiger partial charge on any atom is -0.478 e. The Balaban J connectivity index is 2.05. The molecular formula is C16H21N3O4. The lowest BCUT2D eigenvalue weighted by molar-refractivity contribution is 0.0527. The Kier molecular flexibility index (Phi) is 4.58. The van der Waals surface area contributed by atoms with Gasteiger partial charge in [0.05, 0.1) is 16.6 Å². The molecule has 7 heteroatoms. The van der Waals surface area contributed by atoms with Crippen molar-refractivity contribution in [1.29, 1.82) is 0 Å². The van der Waals surface area contributed by atoms with Crippen molar-refractivity contribution >= 4 is 23.1 Å². The number of carbonyl (C=O) groups excluding carboxylic acids is 1. The minimum absolute atomic E-state index is 0.203. The molecule has 0 aliphatic carbocycles. The Hall–Kier alpha value is -2.57. The van der Waals surface area contributed by atoms with Gasteiger partial charge in [-0.3, -0.25) is 0 Å². The highest BCUT2D eigenvalue weighted by Crippen LogP contribution is 2.17. The molecule has 7 nitrogen and oxygen atoms in total. The summed E-state index contributed by atoms with van der Waals surface area (Å²) in [7, 11) is 1.86. The number of imidazole rings is 1. The first-order chi connectivity index (χ1) is 10.7. The number of fused-ring (bicyclic) bond motifs is 1. The number of rotatable bonds is 4. The van der Waals surface area contributed by atoms with E-state index in [1.54, 1.807) is 39.0 Å². The largest absolute Gasteiger partial charge is 0.478 e. The monoisotopic (exact) mass is 319 g/mol. The zero-order chi connectivity index (χ0) is 17.2. The maximum Gasteiger partial charge on any atom is 0.407 e. The molecule has 0 saturated carbocycles. The lowest BCUT2D eigenvalue weighted by Crippen LogP contribution is -2.33. The first-order valence-corrected chi connectivity index (χ1v) is 7.33. The Morgan fingerprint density at radius 3 is 2.65 bits per heavy atom. The highest BCUT2D eigenvalue weighted by atomic mass is 16.6. The molecule has 1 aromatic carbocycles. The van der Waals surface area contributed by atoms with Crippen molar-refractivity contribution < 1.29 is 19.4 Å². The topological polar surface area (TPSA) is 93.5 Å². The second kappa shape index (κ2) is 6.28. The van der Waals surface area contributed by atoms with Crippen molar-refractivity contribution in [3.05, 3.63) is 29.6 Å². The fourth-order valence-electron chi connectivity index (χ4n) is 2.20. The van der Waals surface area contributed by atoms with Crippen LogP contribution in [-0.2, 0) is 18.2 Å². The van der Waals surface area contributed by atoms with Gasteiger partial charge in [0.2, 0.25) is 0 Å². The number of alkyl carbamates (subject to hydrolysis) is 1. The predicted molar refractivity (Wildman–Crippen MR) is 85.6 cm³/mol. The van der Waals surface area contributed by atoms with E-state index in [2.05, 4.69) is 10.3 Å². The smallest absolute Gasteiger partial charge is 0.407 e. The average Bonchev–Trinajstić information content (AvgIpc) is 2.73. The van der Waals surface area contributed by atoms with Crippen LogP contribution in [0.2, 0.25) is 0 Å². The van der Waals surface area contributed by atoms with E-state index in [1.165, 1.54) is 0 Å². The van der Waals surface area contributed by atoms with Gasteiger partial charge in [0.15, 0.2) is 0 Å². The summed E-state index contributed by atoms with van der Waals surface area (Å²) in [5.41, 5.74) is 1.14. The summed E-state index contributed by atoms with van der Waals surface area (Å²) >= 11 is 0. The van der Waals surface area contributed by atoms with E-state index in [0.717, 1.165) is 11.3 Å². The predicted octanol–water partition coefficient (Wildman–Crippen LogP) is 2.34. The molecule has 0 atom stereocenters. The number of carbonyl (C=O) groups is 2. The molecule has 0 unspecified atom stereocenters. The second-order valence-corrected chi connectivity index (χ2v) is 6.27. The molecule has 0 aliphatic rings. The Morgan fingerprint density at radius 2 is 2.04 bits per heavy atom. The number of hydrogen-bond acceptors (Lipinski definition) is 4. The van der Waals surface area contributed by atoms with E-state index in [4.69, 9.17) is 9.84 Å². The molecule has 2 aromatic rings. The number of carboxylic acid groups (broad SMARTS) is 1. The second-order valence-electron chi connectivity index (χ2n) is 6.27.